The van der Waals surface area contributed by atoms with Crippen LogP contribution in [0.5, 0.6) is 5.75 Å². The molecule has 5 nitrogen and oxygen atoms in total. The maximum absolute atomic E-state index is 12.6. The van der Waals surface area contributed by atoms with Gasteiger partial charge < -0.3 is 14.5 Å². The lowest BCUT2D eigenvalue weighted by molar-refractivity contribution is -0.130. The first-order valence-corrected chi connectivity index (χ1v) is 11.2. The quantitative estimate of drug-likeness (QED) is 0.672. The molecule has 0 aliphatic carbocycles. The minimum Gasteiger partial charge on any atom is -0.489 e. The van der Waals surface area contributed by atoms with Crippen LogP contribution in [-0.4, -0.2) is 66.4 Å². The van der Waals surface area contributed by atoms with Crippen LogP contribution in [0.3, 0.4) is 0 Å². The number of carbonyl (C=O) groups is 1. The minimum absolute atomic E-state index is 0.302. The lowest BCUT2D eigenvalue weighted by atomic mass is 10.2. The SMILES string of the molecule is O=C1CCN(Cc2cccc(OCc3ccccc3)c2)CCN1CCN1CCCC1. The van der Waals surface area contributed by atoms with Crippen molar-refractivity contribution < 1.29 is 9.53 Å². The van der Waals surface area contributed by atoms with Gasteiger partial charge in [-0.05, 0) is 49.2 Å². The number of hydrogen-bond acceptors (Lipinski definition) is 4. The Kier molecular flexibility index (Phi) is 7.38. The third-order valence-electron chi connectivity index (χ3n) is 6.12. The number of likely N-dealkylation sites (tertiary alicyclic amines) is 1. The molecule has 2 aromatic carbocycles. The average Bonchev–Trinajstić information content (AvgIpc) is 3.24. The van der Waals surface area contributed by atoms with Gasteiger partial charge in [-0.1, -0.05) is 42.5 Å². The fraction of sp³-hybridized carbons (Fsp3) is 0.480. The summed E-state index contributed by atoms with van der Waals surface area (Å²) in [6, 6.07) is 18.6. The Morgan fingerprint density at radius 3 is 2.40 bits per heavy atom. The summed E-state index contributed by atoms with van der Waals surface area (Å²) >= 11 is 0. The maximum Gasteiger partial charge on any atom is 0.223 e. The number of benzene rings is 2. The Morgan fingerprint density at radius 2 is 1.57 bits per heavy atom. The summed E-state index contributed by atoms with van der Waals surface area (Å²) in [7, 11) is 0. The van der Waals surface area contributed by atoms with Gasteiger partial charge in [0.2, 0.25) is 5.91 Å². The van der Waals surface area contributed by atoms with Gasteiger partial charge in [0, 0.05) is 45.7 Å². The van der Waals surface area contributed by atoms with Crippen LogP contribution >= 0.6 is 0 Å². The standard InChI is InChI=1S/C25H33N3O2/c29-25-11-14-27(16-18-28(25)17-15-26-12-4-5-13-26)20-23-9-6-10-24(19-23)30-21-22-7-2-1-3-8-22/h1-3,6-10,19H,4-5,11-18,20-21H2. The molecule has 2 fully saturated rings. The van der Waals surface area contributed by atoms with Gasteiger partial charge in [-0.25, -0.2) is 0 Å². The monoisotopic (exact) mass is 407 g/mol. The molecule has 0 atom stereocenters. The zero-order valence-corrected chi connectivity index (χ0v) is 17.8. The molecule has 0 bridgehead atoms. The van der Waals surface area contributed by atoms with Gasteiger partial charge in [0.25, 0.3) is 0 Å². The summed E-state index contributed by atoms with van der Waals surface area (Å²) < 4.78 is 5.98. The van der Waals surface area contributed by atoms with Crippen molar-refractivity contribution in [1.82, 2.24) is 14.7 Å². The molecule has 2 aliphatic heterocycles. The zero-order chi connectivity index (χ0) is 20.6. The molecule has 0 unspecified atom stereocenters. The summed E-state index contributed by atoms with van der Waals surface area (Å²) in [5, 5.41) is 0. The maximum atomic E-state index is 12.6. The van der Waals surface area contributed by atoms with Crippen molar-refractivity contribution in [3.05, 3.63) is 65.7 Å². The third kappa shape index (κ3) is 6.07. The molecule has 160 valence electrons. The summed E-state index contributed by atoms with van der Waals surface area (Å²) in [6.45, 7) is 8.30. The first kappa shape index (κ1) is 20.9. The molecule has 2 saturated heterocycles. The van der Waals surface area contributed by atoms with E-state index in [1.807, 2.05) is 24.3 Å². The number of nitrogens with zero attached hydrogens (tertiary/aromatic N) is 3. The predicted octanol–water partition coefficient (Wildman–Crippen LogP) is 3.40. The molecule has 1 amide bonds. The van der Waals surface area contributed by atoms with Gasteiger partial charge in [-0.15, -0.1) is 0 Å². The molecule has 0 N–H and O–H groups in total. The second-order valence-corrected chi connectivity index (χ2v) is 8.38. The highest BCUT2D eigenvalue weighted by Crippen LogP contribution is 2.18. The van der Waals surface area contributed by atoms with Crippen LogP contribution in [0.2, 0.25) is 0 Å². The van der Waals surface area contributed by atoms with E-state index in [2.05, 4.69) is 45.0 Å². The largest absolute Gasteiger partial charge is 0.489 e. The van der Waals surface area contributed by atoms with E-state index in [0.717, 1.165) is 45.0 Å². The lowest BCUT2D eigenvalue weighted by Gasteiger charge is -2.24. The second-order valence-electron chi connectivity index (χ2n) is 8.38. The van der Waals surface area contributed by atoms with E-state index in [4.69, 9.17) is 4.74 Å². The molecule has 0 radical (unpaired) electrons. The molecule has 2 aromatic rings. The van der Waals surface area contributed by atoms with E-state index in [1.54, 1.807) is 0 Å². The Balaban J connectivity index is 1.27. The average molecular weight is 408 g/mol. The van der Waals surface area contributed by atoms with Gasteiger partial charge in [-0.3, -0.25) is 9.69 Å². The van der Waals surface area contributed by atoms with Crippen LogP contribution in [-0.2, 0) is 17.9 Å². The number of amides is 1. The van der Waals surface area contributed by atoms with Gasteiger partial charge in [-0.2, -0.15) is 0 Å². The highest BCUT2D eigenvalue weighted by molar-refractivity contribution is 5.76. The van der Waals surface area contributed by atoms with Gasteiger partial charge >= 0.3 is 0 Å². The topological polar surface area (TPSA) is 36.0 Å². The van der Waals surface area contributed by atoms with E-state index in [9.17, 15) is 4.79 Å². The Hall–Kier alpha value is -2.37. The minimum atomic E-state index is 0.302. The van der Waals surface area contributed by atoms with Crippen molar-refractivity contribution in [2.24, 2.45) is 0 Å². The molecular weight excluding hydrogens is 374 g/mol. The van der Waals surface area contributed by atoms with Gasteiger partial charge in [0.15, 0.2) is 0 Å². The zero-order valence-electron chi connectivity index (χ0n) is 17.8. The van der Waals surface area contributed by atoms with E-state index in [-0.39, 0.29) is 0 Å². The predicted molar refractivity (Wildman–Crippen MR) is 119 cm³/mol. The Bertz CT molecular complexity index is 805. The fourth-order valence-electron chi connectivity index (χ4n) is 4.31. The normalized spacial score (nSPS) is 18.5. The summed E-state index contributed by atoms with van der Waals surface area (Å²) in [6.07, 6.45) is 3.22. The van der Waals surface area contributed by atoms with Crippen LogP contribution in [0.25, 0.3) is 0 Å². The third-order valence-corrected chi connectivity index (χ3v) is 6.12. The number of ether oxygens (including phenoxy) is 1. The molecule has 5 heteroatoms. The van der Waals surface area contributed by atoms with E-state index in [0.29, 0.717) is 18.9 Å². The smallest absolute Gasteiger partial charge is 0.223 e. The van der Waals surface area contributed by atoms with Crippen molar-refractivity contribution in [2.75, 3.05) is 45.8 Å². The Morgan fingerprint density at radius 1 is 0.767 bits per heavy atom. The molecule has 0 saturated carbocycles. The van der Waals surface area contributed by atoms with E-state index >= 15 is 0 Å². The highest BCUT2D eigenvalue weighted by atomic mass is 16.5. The molecule has 0 spiro atoms. The number of hydrogen-bond donors (Lipinski definition) is 0. The van der Waals surface area contributed by atoms with Crippen molar-refractivity contribution in [3.8, 4) is 5.75 Å². The lowest BCUT2D eigenvalue weighted by Crippen LogP contribution is -2.39. The number of rotatable bonds is 8. The van der Waals surface area contributed by atoms with E-state index < -0.39 is 0 Å². The molecule has 4 rings (SSSR count). The van der Waals surface area contributed by atoms with Crippen LogP contribution in [0.4, 0.5) is 0 Å². The second kappa shape index (κ2) is 10.6. The van der Waals surface area contributed by atoms with Crippen LogP contribution < -0.4 is 4.74 Å². The fourth-order valence-corrected chi connectivity index (χ4v) is 4.31. The summed E-state index contributed by atoms with van der Waals surface area (Å²) in [4.78, 5) is 19.5. The van der Waals surface area contributed by atoms with Gasteiger partial charge in [0.1, 0.15) is 12.4 Å². The van der Waals surface area contributed by atoms with Crippen molar-refractivity contribution in [2.45, 2.75) is 32.4 Å². The van der Waals surface area contributed by atoms with E-state index in [1.165, 1.54) is 37.1 Å². The Labute approximate surface area is 180 Å². The molecule has 2 heterocycles. The van der Waals surface area contributed by atoms with Crippen LogP contribution in [0.1, 0.15) is 30.4 Å². The highest BCUT2D eigenvalue weighted by Gasteiger charge is 2.22. The van der Waals surface area contributed by atoms with Crippen molar-refractivity contribution in [3.63, 3.8) is 0 Å². The molecular formula is C25H33N3O2. The summed E-state index contributed by atoms with van der Waals surface area (Å²) in [5.41, 5.74) is 2.40. The molecule has 30 heavy (non-hydrogen) atoms. The molecule has 0 aromatic heterocycles. The van der Waals surface area contributed by atoms with Crippen molar-refractivity contribution >= 4 is 5.91 Å². The molecule has 2 aliphatic rings. The number of carbonyl (C=O) groups excluding carboxylic acids is 1. The first-order valence-electron chi connectivity index (χ1n) is 11.2. The summed E-state index contributed by atoms with van der Waals surface area (Å²) in [5.74, 6) is 1.20. The van der Waals surface area contributed by atoms with Gasteiger partial charge in [0.05, 0.1) is 0 Å². The van der Waals surface area contributed by atoms with Crippen LogP contribution in [0, 0.1) is 0 Å². The first-order chi connectivity index (χ1) is 14.8. The van der Waals surface area contributed by atoms with Crippen molar-refractivity contribution in [1.29, 1.82) is 0 Å². The van der Waals surface area contributed by atoms with Crippen LogP contribution in [0.15, 0.2) is 54.6 Å².